The van der Waals surface area contributed by atoms with E-state index in [-0.39, 0.29) is 11.1 Å². The summed E-state index contributed by atoms with van der Waals surface area (Å²) in [6.45, 7) is -1.77. The molecule has 37 heavy (non-hydrogen) atoms. The number of nitriles is 1. The van der Waals surface area contributed by atoms with Gasteiger partial charge in [0.15, 0.2) is 0 Å². The van der Waals surface area contributed by atoms with Crippen LogP contribution in [-0.4, -0.2) is 18.8 Å². The fourth-order valence-corrected chi connectivity index (χ4v) is 3.79. The first kappa shape index (κ1) is 27.4. The largest absolute Gasteiger partial charge is 0.419 e. The summed E-state index contributed by atoms with van der Waals surface area (Å²) in [5.74, 6) is -2.63. The van der Waals surface area contributed by atoms with Gasteiger partial charge in [-0.3, -0.25) is 0 Å². The molecule has 0 aliphatic carbocycles. The van der Waals surface area contributed by atoms with Crippen molar-refractivity contribution in [2.75, 3.05) is 6.54 Å². The van der Waals surface area contributed by atoms with Crippen LogP contribution in [0.1, 0.15) is 27.8 Å². The van der Waals surface area contributed by atoms with Crippen LogP contribution in [0.2, 0.25) is 0 Å². The van der Waals surface area contributed by atoms with Gasteiger partial charge in [-0.1, -0.05) is 36.4 Å². The Kier molecular flexibility index (Phi) is 7.76. The highest BCUT2D eigenvalue weighted by Gasteiger charge is 2.41. The zero-order chi connectivity index (χ0) is 27.4. The smallest absolute Gasteiger partial charge is 0.329 e. The van der Waals surface area contributed by atoms with Crippen LogP contribution in [0, 0.1) is 23.0 Å². The summed E-state index contributed by atoms with van der Waals surface area (Å²) in [5, 5.41) is 13.1. The normalized spacial score (nSPS) is 13.4. The number of hydrogen-bond donors (Lipinski definition) is 2. The van der Waals surface area contributed by atoms with Crippen molar-refractivity contribution in [1.29, 1.82) is 5.26 Å². The molecule has 0 saturated heterocycles. The third-order valence-electron chi connectivity index (χ3n) is 5.37. The molecule has 3 aromatic rings. The van der Waals surface area contributed by atoms with Crippen LogP contribution in [-0.2, 0) is 18.1 Å². The Hall–Kier alpha value is -4.14. The molecule has 3 rings (SSSR count). The standard InChI is InChI=1S/C25H17F8N3O/c26-19-9-16(13-34)8-18(10-19)23(12-15-4-2-1-3-5-15,36-22(37)35-14-24(28,29)30)17-6-7-21(27)20(11-17)25(31,32)33/h1-11H,12,14H2,(H2,35,36,37)/t23-/m1/s1. The van der Waals surface area contributed by atoms with Gasteiger partial charge < -0.3 is 10.6 Å². The lowest BCUT2D eigenvalue weighted by atomic mass is 9.77. The van der Waals surface area contributed by atoms with Crippen molar-refractivity contribution in [2.45, 2.75) is 24.3 Å². The maximum atomic E-state index is 14.5. The van der Waals surface area contributed by atoms with Crippen LogP contribution in [0.4, 0.5) is 39.9 Å². The van der Waals surface area contributed by atoms with E-state index in [0.717, 1.165) is 24.3 Å². The number of carbonyl (C=O) groups is 1. The lowest BCUT2D eigenvalue weighted by molar-refractivity contribution is -0.140. The number of nitrogens with zero attached hydrogens (tertiary/aromatic N) is 1. The Morgan fingerprint density at radius 1 is 0.865 bits per heavy atom. The molecule has 1 atom stereocenters. The Morgan fingerprint density at radius 2 is 1.54 bits per heavy atom. The average molecular weight is 527 g/mol. The lowest BCUT2D eigenvalue weighted by Gasteiger charge is -2.37. The van der Waals surface area contributed by atoms with Crippen LogP contribution < -0.4 is 10.6 Å². The third-order valence-corrected chi connectivity index (χ3v) is 5.37. The molecule has 0 aliphatic heterocycles. The van der Waals surface area contributed by atoms with E-state index >= 15 is 0 Å². The van der Waals surface area contributed by atoms with Crippen LogP contribution in [0.3, 0.4) is 0 Å². The van der Waals surface area contributed by atoms with Gasteiger partial charge in [-0.25, -0.2) is 13.6 Å². The van der Waals surface area contributed by atoms with Crippen molar-refractivity contribution in [3.63, 3.8) is 0 Å². The molecule has 0 saturated carbocycles. The molecular weight excluding hydrogens is 510 g/mol. The fraction of sp³-hybridized carbons (Fsp3) is 0.200. The quantitative estimate of drug-likeness (QED) is 0.375. The van der Waals surface area contributed by atoms with E-state index in [4.69, 9.17) is 0 Å². The van der Waals surface area contributed by atoms with E-state index in [9.17, 15) is 45.2 Å². The van der Waals surface area contributed by atoms with Gasteiger partial charge in [-0.2, -0.15) is 31.6 Å². The summed E-state index contributed by atoms with van der Waals surface area (Å²) in [6.07, 6.45) is -10.4. The summed E-state index contributed by atoms with van der Waals surface area (Å²) in [4.78, 5) is 12.7. The highest BCUT2D eigenvalue weighted by Crippen LogP contribution is 2.39. The minimum Gasteiger partial charge on any atom is -0.329 e. The third kappa shape index (κ3) is 6.75. The first-order valence-corrected chi connectivity index (χ1v) is 10.5. The summed E-state index contributed by atoms with van der Waals surface area (Å²) >= 11 is 0. The van der Waals surface area contributed by atoms with Gasteiger partial charge >= 0.3 is 18.4 Å². The zero-order valence-corrected chi connectivity index (χ0v) is 18.6. The Bertz CT molecular complexity index is 1320. The molecule has 0 spiro atoms. The van der Waals surface area contributed by atoms with Crippen molar-refractivity contribution < 1.29 is 39.9 Å². The first-order valence-electron chi connectivity index (χ1n) is 10.5. The van der Waals surface area contributed by atoms with Crippen molar-refractivity contribution in [1.82, 2.24) is 10.6 Å². The van der Waals surface area contributed by atoms with Crippen molar-refractivity contribution in [2.24, 2.45) is 0 Å². The molecule has 0 bridgehead atoms. The van der Waals surface area contributed by atoms with E-state index < -0.39 is 59.6 Å². The van der Waals surface area contributed by atoms with Gasteiger partial charge in [0.1, 0.15) is 18.2 Å². The zero-order valence-electron chi connectivity index (χ0n) is 18.6. The van der Waals surface area contributed by atoms with Crippen LogP contribution in [0.15, 0.2) is 66.7 Å². The summed E-state index contributed by atoms with van der Waals surface area (Å²) in [6, 6.07) is 12.5. The topological polar surface area (TPSA) is 64.9 Å². The van der Waals surface area contributed by atoms with Crippen molar-refractivity contribution in [3.05, 3.63) is 106 Å². The first-order chi connectivity index (χ1) is 17.2. The number of amides is 2. The molecule has 12 heteroatoms. The van der Waals surface area contributed by atoms with E-state index in [1.54, 1.807) is 29.6 Å². The lowest BCUT2D eigenvalue weighted by Crippen LogP contribution is -2.53. The second-order valence-electron chi connectivity index (χ2n) is 8.02. The Morgan fingerprint density at radius 3 is 2.14 bits per heavy atom. The molecule has 0 aromatic heterocycles. The summed E-state index contributed by atoms with van der Waals surface area (Å²) in [7, 11) is 0. The molecule has 0 unspecified atom stereocenters. The predicted molar refractivity (Wildman–Crippen MR) is 116 cm³/mol. The SMILES string of the molecule is N#Cc1cc(F)cc([C@](Cc2ccccc2)(NC(=O)NCC(F)(F)F)c2ccc(F)c(C(F)(F)F)c2)c1. The summed E-state index contributed by atoms with van der Waals surface area (Å²) in [5.41, 5.74) is -4.45. The highest BCUT2D eigenvalue weighted by atomic mass is 19.4. The minimum atomic E-state index is -5.17. The van der Waals surface area contributed by atoms with Gasteiger partial charge in [0, 0.05) is 6.42 Å². The van der Waals surface area contributed by atoms with Crippen LogP contribution in [0.25, 0.3) is 0 Å². The molecule has 2 N–H and O–H groups in total. The summed E-state index contributed by atoms with van der Waals surface area (Å²) < 4.78 is 108. The van der Waals surface area contributed by atoms with Gasteiger partial charge in [0.25, 0.3) is 0 Å². The maximum absolute atomic E-state index is 14.5. The predicted octanol–water partition coefficient (Wildman–Crippen LogP) is 6.20. The highest BCUT2D eigenvalue weighted by molar-refractivity contribution is 5.76. The van der Waals surface area contributed by atoms with Crippen LogP contribution >= 0.6 is 0 Å². The van der Waals surface area contributed by atoms with Gasteiger partial charge in [-0.15, -0.1) is 0 Å². The number of rotatable bonds is 6. The number of carbonyl (C=O) groups excluding carboxylic acids is 1. The van der Waals surface area contributed by atoms with Gasteiger partial charge in [0.2, 0.25) is 0 Å². The molecule has 4 nitrogen and oxygen atoms in total. The number of urea groups is 1. The number of hydrogen-bond acceptors (Lipinski definition) is 2. The molecular formula is C25H17F8N3O. The van der Waals surface area contributed by atoms with Crippen molar-refractivity contribution in [3.8, 4) is 6.07 Å². The second-order valence-corrected chi connectivity index (χ2v) is 8.02. The number of halogens is 8. The second kappa shape index (κ2) is 10.5. The molecule has 2 amide bonds. The number of benzene rings is 3. The monoisotopic (exact) mass is 527 g/mol. The Balaban J connectivity index is 2.32. The van der Waals surface area contributed by atoms with Gasteiger partial charge in [-0.05, 0) is 47.0 Å². The van der Waals surface area contributed by atoms with E-state index in [2.05, 4.69) is 5.32 Å². The number of alkyl halides is 6. The van der Waals surface area contributed by atoms with E-state index in [0.29, 0.717) is 17.7 Å². The fourth-order valence-electron chi connectivity index (χ4n) is 3.79. The maximum Gasteiger partial charge on any atom is 0.419 e. The van der Waals surface area contributed by atoms with Crippen LogP contribution in [0.5, 0.6) is 0 Å². The van der Waals surface area contributed by atoms with Gasteiger partial charge in [0.05, 0.1) is 22.7 Å². The molecule has 0 heterocycles. The van der Waals surface area contributed by atoms with E-state index in [1.165, 1.54) is 12.1 Å². The molecule has 0 radical (unpaired) electrons. The number of nitrogens with one attached hydrogen (secondary N) is 2. The molecule has 0 fully saturated rings. The molecule has 3 aromatic carbocycles. The van der Waals surface area contributed by atoms with Crippen molar-refractivity contribution >= 4 is 6.03 Å². The molecule has 194 valence electrons. The average Bonchev–Trinajstić information content (AvgIpc) is 2.81. The Labute approximate surface area is 205 Å². The van der Waals surface area contributed by atoms with E-state index in [1.807, 2.05) is 0 Å². The minimum absolute atomic E-state index is 0.255. The molecule has 0 aliphatic rings.